The Labute approximate surface area is 100 Å². The van der Waals surface area contributed by atoms with Crippen LogP contribution in [0.4, 0.5) is 5.82 Å². The zero-order chi connectivity index (χ0) is 11.4. The number of methoxy groups -OCH3 is 1. The van der Waals surface area contributed by atoms with Crippen LogP contribution in [0.2, 0.25) is 0 Å². The Hall–Kier alpha value is -1.03. The van der Waals surface area contributed by atoms with Crippen LogP contribution in [0.15, 0.2) is 12.4 Å². The molecule has 1 aliphatic rings. The molecule has 1 N–H and O–H groups in total. The zero-order valence-electron chi connectivity index (χ0n) is 9.32. The number of hydrogen-bond acceptors (Lipinski definition) is 4. The Kier molecular flexibility index (Phi) is 3.83. The number of nitrogens with one attached hydrogen (secondary N) is 1. The average molecular weight is 242 g/mol. The van der Waals surface area contributed by atoms with Crippen molar-refractivity contribution in [2.24, 2.45) is 5.92 Å². The summed E-state index contributed by atoms with van der Waals surface area (Å²) in [4.78, 5) is 8.09. The predicted octanol–water partition coefficient (Wildman–Crippen LogP) is 2.30. The van der Waals surface area contributed by atoms with E-state index in [1.54, 1.807) is 13.2 Å². The smallest absolute Gasteiger partial charge is 0.218 e. The molecule has 1 aliphatic carbocycles. The van der Waals surface area contributed by atoms with Gasteiger partial charge in [-0.15, -0.1) is 11.6 Å². The Morgan fingerprint density at radius 2 is 2.38 bits per heavy atom. The third-order valence-corrected chi connectivity index (χ3v) is 3.30. The summed E-state index contributed by atoms with van der Waals surface area (Å²) in [6.45, 7) is 0.920. The van der Waals surface area contributed by atoms with Crippen LogP contribution in [0, 0.1) is 5.92 Å². The summed E-state index contributed by atoms with van der Waals surface area (Å²) < 4.78 is 5.03. The lowest BCUT2D eigenvalue weighted by Gasteiger charge is -2.11. The van der Waals surface area contributed by atoms with Crippen molar-refractivity contribution in [2.75, 3.05) is 19.0 Å². The van der Waals surface area contributed by atoms with Gasteiger partial charge in [-0.05, 0) is 25.2 Å². The zero-order valence-corrected chi connectivity index (χ0v) is 10.1. The average Bonchev–Trinajstić information content (AvgIpc) is 2.73. The molecule has 1 heterocycles. The van der Waals surface area contributed by atoms with E-state index in [-0.39, 0.29) is 0 Å². The van der Waals surface area contributed by atoms with Crippen molar-refractivity contribution >= 4 is 17.4 Å². The van der Waals surface area contributed by atoms with E-state index in [2.05, 4.69) is 15.3 Å². The van der Waals surface area contributed by atoms with Gasteiger partial charge in [0.2, 0.25) is 5.88 Å². The molecule has 4 nitrogen and oxygen atoms in total. The van der Waals surface area contributed by atoms with E-state index in [1.165, 1.54) is 12.7 Å². The van der Waals surface area contributed by atoms with Crippen LogP contribution >= 0.6 is 11.6 Å². The quantitative estimate of drug-likeness (QED) is 0.822. The first-order chi connectivity index (χ1) is 7.78. The lowest BCUT2D eigenvalue weighted by Crippen LogP contribution is -2.12. The van der Waals surface area contributed by atoms with Crippen LogP contribution in [-0.4, -0.2) is 29.0 Å². The summed E-state index contributed by atoms with van der Waals surface area (Å²) in [5.41, 5.74) is 0. The fourth-order valence-corrected chi connectivity index (χ4v) is 2.37. The number of nitrogens with zero attached hydrogens (tertiary/aromatic N) is 2. The van der Waals surface area contributed by atoms with Crippen molar-refractivity contribution in [3.8, 4) is 5.88 Å². The molecular formula is C11H16ClN3O. The van der Waals surface area contributed by atoms with Gasteiger partial charge in [0.05, 0.1) is 7.11 Å². The van der Waals surface area contributed by atoms with Gasteiger partial charge in [0.15, 0.2) is 0 Å². The number of ether oxygens (including phenoxy) is 1. The van der Waals surface area contributed by atoms with Gasteiger partial charge in [-0.1, -0.05) is 0 Å². The second kappa shape index (κ2) is 5.34. The van der Waals surface area contributed by atoms with E-state index in [0.717, 1.165) is 25.2 Å². The van der Waals surface area contributed by atoms with Gasteiger partial charge in [0.25, 0.3) is 0 Å². The summed E-state index contributed by atoms with van der Waals surface area (Å²) in [5, 5.41) is 3.65. The van der Waals surface area contributed by atoms with E-state index in [9.17, 15) is 0 Å². The molecule has 2 rings (SSSR count). The number of halogens is 1. The van der Waals surface area contributed by atoms with Crippen molar-refractivity contribution in [3.05, 3.63) is 12.4 Å². The Morgan fingerprint density at radius 3 is 3.06 bits per heavy atom. The van der Waals surface area contributed by atoms with Crippen molar-refractivity contribution in [2.45, 2.75) is 24.6 Å². The minimum absolute atomic E-state index is 0.353. The molecule has 88 valence electrons. The number of aromatic nitrogens is 2. The first kappa shape index (κ1) is 11.5. The molecule has 0 spiro atoms. The standard InChI is InChI=1S/C11H16ClN3O/c1-16-11-5-10(14-7-15-11)13-6-8-2-3-9(12)4-8/h5,7-9H,2-4,6H2,1H3,(H,13,14,15). The molecule has 1 saturated carbocycles. The molecular weight excluding hydrogens is 226 g/mol. The van der Waals surface area contributed by atoms with Gasteiger partial charge in [0.1, 0.15) is 12.1 Å². The molecule has 1 aromatic rings. The third-order valence-electron chi connectivity index (χ3n) is 2.90. The van der Waals surface area contributed by atoms with Crippen molar-refractivity contribution in [1.82, 2.24) is 9.97 Å². The van der Waals surface area contributed by atoms with Crippen molar-refractivity contribution < 1.29 is 4.74 Å². The van der Waals surface area contributed by atoms with Gasteiger partial charge >= 0.3 is 0 Å². The number of alkyl halides is 1. The second-order valence-corrected chi connectivity index (χ2v) is 4.72. The minimum Gasteiger partial charge on any atom is -0.481 e. The van der Waals surface area contributed by atoms with Crippen LogP contribution in [0.1, 0.15) is 19.3 Å². The van der Waals surface area contributed by atoms with E-state index in [1.807, 2.05) is 0 Å². The molecule has 0 saturated heterocycles. The lowest BCUT2D eigenvalue weighted by atomic mass is 10.1. The van der Waals surface area contributed by atoms with Gasteiger partial charge in [-0.2, -0.15) is 0 Å². The van der Waals surface area contributed by atoms with Gasteiger partial charge in [-0.25, -0.2) is 9.97 Å². The highest BCUT2D eigenvalue weighted by molar-refractivity contribution is 6.20. The van der Waals surface area contributed by atoms with Gasteiger partial charge < -0.3 is 10.1 Å². The SMILES string of the molecule is COc1cc(NCC2CCC(Cl)C2)ncn1. The maximum Gasteiger partial charge on any atom is 0.218 e. The van der Waals surface area contributed by atoms with Crippen LogP contribution in [0.5, 0.6) is 5.88 Å². The highest BCUT2D eigenvalue weighted by atomic mass is 35.5. The largest absolute Gasteiger partial charge is 0.481 e. The highest BCUT2D eigenvalue weighted by Gasteiger charge is 2.22. The Morgan fingerprint density at radius 1 is 1.50 bits per heavy atom. The van der Waals surface area contributed by atoms with Gasteiger partial charge in [0, 0.05) is 18.0 Å². The summed E-state index contributed by atoms with van der Waals surface area (Å²) >= 11 is 6.06. The van der Waals surface area contributed by atoms with E-state index in [0.29, 0.717) is 17.2 Å². The van der Waals surface area contributed by atoms with E-state index >= 15 is 0 Å². The lowest BCUT2D eigenvalue weighted by molar-refractivity contribution is 0.397. The highest BCUT2D eigenvalue weighted by Crippen LogP contribution is 2.29. The maximum absolute atomic E-state index is 6.06. The fraction of sp³-hybridized carbons (Fsp3) is 0.636. The maximum atomic E-state index is 6.06. The molecule has 2 atom stereocenters. The van der Waals surface area contributed by atoms with Crippen LogP contribution in [0.25, 0.3) is 0 Å². The molecule has 0 bridgehead atoms. The molecule has 0 aliphatic heterocycles. The molecule has 16 heavy (non-hydrogen) atoms. The molecule has 2 unspecified atom stereocenters. The topological polar surface area (TPSA) is 47.0 Å². The minimum atomic E-state index is 0.353. The van der Waals surface area contributed by atoms with E-state index < -0.39 is 0 Å². The first-order valence-corrected chi connectivity index (χ1v) is 5.95. The molecule has 0 amide bonds. The summed E-state index contributed by atoms with van der Waals surface area (Å²) in [5.74, 6) is 2.05. The fourth-order valence-electron chi connectivity index (χ4n) is 2.00. The normalized spacial score (nSPS) is 24.4. The van der Waals surface area contributed by atoms with Crippen molar-refractivity contribution in [1.29, 1.82) is 0 Å². The van der Waals surface area contributed by atoms with Crippen LogP contribution in [0.3, 0.4) is 0 Å². The van der Waals surface area contributed by atoms with Gasteiger partial charge in [-0.3, -0.25) is 0 Å². The van der Waals surface area contributed by atoms with E-state index in [4.69, 9.17) is 16.3 Å². The first-order valence-electron chi connectivity index (χ1n) is 5.52. The van der Waals surface area contributed by atoms with Crippen LogP contribution < -0.4 is 10.1 Å². The van der Waals surface area contributed by atoms with Crippen molar-refractivity contribution in [3.63, 3.8) is 0 Å². The Balaban J connectivity index is 1.84. The molecule has 0 radical (unpaired) electrons. The summed E-state index contributed by atoms with van der Waals surface area (Å²) in [6, 6.07) is 1.80. The van der Waals surface area contributed by atoms with Crippen LogP contribution in [-0.2, 0) is 0 Å². The molecule has 5 heteroatoms. The monoisotopic (exact) mass is 241 g/mol. The predicted molar refractivity (Wildman–Crippen MR) is 64.1 cm³/mol. The molecule has 1 fully saturated rings. The number of hydrogen-bond donors (Lipinski definition) is 1. The summed E-state index contributed by atoms with van der Waals surface area (Å²) in [7, 11) is 1.60. The molecule has 1 aromatic heterocycles. The molecule has 0 aromatic carbocycles. The Bertz CT molecular complexity index is 348. The number of rotatable bonds is 4. The second-order valence-electron chi connectivity index (χ2n) is 4.10. The third kappa shape index (κ3) is 2.98. The number of anilines is 1. The summed E-state index contributed by atoms with van der Waals surface area (Å²) in [6.07, 6.45) is 4.92.